The van der Waals surface area contributed by atoms with Crippen molar-refractivity contribution >= 4 is 12.2 Å². The Hall–Kier alpha value is -2.25. The summed E-state index contributed by atoms with van der Waals surface area (Å²) in [5.74, 6) is -6.62. The van der Waals surface area contributed by atoms with Gasteiger partial charge in [0.25, 0.3) is 6.71 Å². The molecule has 2 aliphatic carbocycles. The Labute approximate surface area is 151 Å². The van der Waals surface area contributed by atoms with Gasteiger partial charge in [-0.2, -0.15) is 0 Å². The fourth-order valence-corrected chi connectivity index (χ4v) is 3.65. The molecule has 0 amide bonds. The summed E-state index contributed by atoms with van der Waals surface area (Å²) in [6.45, 7) is -1.27. The maximum Gasteiger partial charge on any atom is 0.282 e. The maximum atomic E-state index is 15.7. The van der Waals surface area contributed by atoms with Crippen molar-refractivity contribution in [2.75, 3.05) is 0 Å². The molecule has 142 valence electrons. The standard InChI is InChI=1S/C19H14BF7/c1-11-8-14(23)15(17(25)16(11)24)20(18(26)6-2-4-12(21)9-18)19(27)7-3-5-13(22)10-19/h2-8H,9-10H2,1H3. The van der Waals surface area contributed by atoms with E-state index in [4.69, 9.17) is 0 Å². The number of halogens is 7. The van der Waals surface area contributed by atoms with Gasteiger partial charge in [0.2, 0.25) is 0 Å². The molecular weight excluding hydrogens is 372 g/mol. The lowest BCUT2D eigenvalue weighted by atomic mass is 9.26. The van der Waals surface area contributed by atoms with Gasteiger partial charge in [0.15, 0.2) is 11.6 Å². The molecule has 0 fully saturated rings. The van der Waals surface area contributed by atoms with Crippen LogP contribution in [-0.4, -0.2) is 17.8 Å². The zero-order valence-electron chi connectivity index (χ0n) is 14.2. The van der Waals surface area contributed by atoms with Gasteiger partial charge in [-0.3, -0.25) is 0 Å². The summed E-state index contributed by atoms with van der Waals surface area (Å²) in [4.78, 5) is 0. The van der Waals surface area contributed by atoms with Crippen LogP contribution in [0.15, 0.2) is 54.2 Å². The van der Waals surface area contributed by atoms with Crippen LogP contribution in [0.4, 0.5) is 30.7 Å². The summed E-state index contributed by atoms with van der Waals surface area (Å²) in [5, 5.41) is 0. The highest BCUT2D eigenvalue weighted by Gasteiger charge is 2.58. The average molecular weight is 386 g/mol. The number of hydrogen-bond donors (Lipinski definition) is 0. The lowest BCUT2D eigenvalue weighted by Crippen LogP contribution is -2.64. The fourth-order valence-electron chi connectivity index (χ4n) is 3.65. The molecular formula is C19H14BF7. The normalized spacial score (nSPS) is 27.4. The van der Waals surface area contributed by atoms with Crippen LogP contribution in [0, 0.1) is 24.4 Å². The smallest absolute Gasteiger partial charge is 0.248 e. The highest BCUT2D eigenvalue weighted by atomic mass is 19.2. The van der Waals surface area contributed by atoms with E-state index in [0.717, 1.165) is 43.4 Å². The van der Waals surface area contributed by atoms with Crippen molar-refractivity contribution in [1.82, 2.24) is 0 Å². The molecule has 0 aliphatic heterocycles. The minimum atomic E-state index is -2.95. The molecule has 8 heteroatoms. The van der Waals surface area contributed by atoms with E-state index in [1.807, 2.05) is 0 Å². The summed E-state index contributed by atoms with van der Waals surface area (Å²) in [7, 11) is 0. The Bertz CT molecular complexity index is 860. The first-order chi connectivity index (χ1) is 12.6. The summed E-state index contributed by atoms with van der Waals surface area (Å²) < 4.78 is 102. The summed E-state index contributed by atoms with van der Waals surface area (Å²) >= 11 is 0. The van der Waals surface area contributed by atoms with Crippen LogP contribution in [0.1, 0.15) is 18.4 Å². The Morgan fingerprint density at radius 1 is 0.815 bits per heavy atom. The van der Waals surface area contributed by atoms with Gasteiger partial charge in [-0.15, -0.1) is 0 Å². The maximum absolute atomic E-state index is 15.7. The second kappa shape index (κ2) is 6.73. The molecule has 2 aliphatic rings. The fraction of sp³-hybridized carbons (Fsp3) is 0.263. The van der Waals surface area contributed by atoms with Crippen LogP contribution < -0.4 is 5.46 Å². The molecule has 27 heavy (non-hydrogen) atoms. The first kappa shape index (κ1) is 19.5. The Morgan fingerprint density at radius 3 is 1.74 bits per heavy atom. The van der Waals surface area contributed by atoms with Crippen molar-refractivity contribution in [1.29, 1.82) is 0 Å². The number of benzene rings is 1. The molecule has 0 saturated carbocycles. The van der Waals surface area contributed by atoms with Gasteiger partial charge in [-0.05, 0) is 30.7 Å². The van der Waals surface area contributed by atoms with Crippen LogP contribution in [-0.2, 0) is 0 Å². The van der Waals surface area contributed by atoms with Gasteiger partial charge in [0, 0.05) is 18.3 Å². The van der Waals surface area contributed by atoms with Gasteiger partial charge in [0.05, 0.1) is 0 Å². The lowest BCUT2D eigenvalue weighted by molar-refractivity contribution is 0.257. The quantitative estimate of drug-likeness (QED) is 0.379. The van der Waals surface area contributed by atoms with Crippen LogP contribution in [0.25, 0.3) is 0 Å². The number of allylic oxidation sites excluding steroid dienone is 8. The van der Waals surface area contributed by atoms with E-state index < -0.39 is 70.8 Å². The third-order valence-corrected chi connectivity index (χ3v) is 4.80. The van der Waals surface area contributed by atoms with Gasteiger partial charge in [0.1, 0.15) is 28.6 Å². The van der Waals surface area contributed by atoms with Crippen molar-refractivity contribution in [3.05, 3.63) is 77.2 Å². The first-order valence-corrected chi connectivity index (χ1v) is 8.17. The number of aryl methyl sites for hydroxylation is 1. The van der Waals surface area contributed by atoms with E-state index in [0.29, 0.717) is 6.07 Å². The molecule has 0 spiro atoms. The topological polar surface area (TPSA) is 0 Å². The monoisotopic (exact) mass is 386 g/mol. The summed E-state index contributed by atoms with van der Waals surface area (Å²) in [6, 6.07) is 0.602. The van der Waals surface area contributed by atoms with E-state index in [1.165, 1.54) is 0 Å². The third kappa shape index (κ3) is 3.37. The SMILES string of the molecule is Cc1cc(F)c(B(C2(F)C=CC=C(F)C2)C2(F)C=CC=C(F)C2)c(F)c1F. The average Bonchev–Trinajstić information content (AvgIpc) is 2.56. The van der Waals surface area contributed by atoms with Gasteiger partial charge < -0.3 is 0 Å². The van der Waals surface area contributed by atoms with Crippen LogP contribution >= 0.6 is 0 Å². The molecule has 2 unspecified atom stereocenters. The molecule has 0 aromatic heterocycles. The van der Waals surface area contributed by atoms with Crippen molar-refractivity contribution in [2.24, 2.45) is 0 Å². The largest absolute Gasteiger partial charge is 0.282 e. The van der Waals surface area contributed by atoms with Gasteiger partial charge in [-0.1, -0.05) is 24.3 Å². The van der Waals surface area contributed by atoms with Crippen molar-refractivity contribution in [2.45, 2.75) is 30.9 Å². The van der Waals surface area contributed by atoms with E-state index in [1.54, 1.807) is 0 Å². The minimum Gasteiger partial charge on any atom is -0.248 e. The second-order valence-corrected chi connectivity index (χ2v) is 6.80. The third-order valence-electron chi connectivity index (χ3n) is 4.80. The molecule has 0 N–H and O–H groups in total. The molecule has 2 atom stereocenters. The Kier molecular flexibility index (Phi) is 4.86. The van der Waals surface area contributed by atoms with Crippen molar-refractivity contribution in [3.63, 3.8) is 0 Å². The first-order valence-electron chi connectivity index (χ1n) is 8.17. The summed E-state index contributed by atoms with van der Waals surface area (Å²) in [6.07, 6.45) is 3.17. The predicted molar refractivity (Wildman–Crippen MR) is 90.0 cm³/mol. The zero-order valence-corrected chi connectivity index (χ0v) is 14.2. The number of rotatable bonds is 3. The lowest BCUT2D eigenvalue weighted by Gasteiger charge is -2.39. The molecule has 1 aromatic carbocycles. The second-order valence-electron chi connectivity index (χ2n) is 6.80. The molecule has 0 radical (unpaired) electrons. The summed E-state index contributed by atoms with van der Waals surface area (Å²) in [5.41, 5.74) is -7.51. The molecule has 1 aromatic rings. The molecule has 0 bridgehead atoms. The van der Waals surface area contributed by atoms with E-state index in [9.17, 15) is 22.0 Å². The van der Waals surface area contributed by atoms with Crippen LogP contribution in [0.3, 0.4) is 0 Å². The molecule has 0 nitrogen and oxygen atoms in total. The van der Waals surface area contributed by atoms with Gasteiger partial charge in [-0.25, -0.2) is 30.7 Å². The Morgan fingerprint density at radius 2 is 1.30 bits per heavy atom. The van der Waals surface area contributed by atoms with Crippen LogP contribution in [0.5, 0.6) is 0 Å². The van der Waals surface area contributed by atoms with Crippen LogP contribution in [0.2, 0.25) is 0 Å². The molecule has 0 saturated heterocycles. The number of alkyl halides is 2. The minimum absolute atomic E-state index is 0.399. The van der Waals surface area contributed by atoms with E-state index >= 15 is 8.78 Å². The van der Waals surface area contributed by atoms with Crippen molar-refractivity contribution in [3.8, 4) is 0 Å². The van der Waals surface area contributed by atoms with E-state index in [-0.39, 0.29) is 0 Å². The molecule has 0 heterocycles. The number of hydrogen-bond acceptors (Lipinski definition) is 0. The van der Waals surface area contributed by atoms with E-state index in [2.05, 4.69) is 0 Å². The highest BCUT2D eigenvalue weighted by molar-refractivity contribution is 6.79. The highest BCUT2D eigenvalue weighted by Crippen LogP contribution is 2.41. The zero-order chi connectivity index (χ0) is 20.0. The molecule has 3 rings (SSSR count). The Balaban J connectivity index is 2.26. The van der Waals surface area contributed by atoms with Crippen molar-refractivity contribution < 1.29 is 30.7 Å². The predicted octanol–water partition coefficient (Wildman–Crippen LogP) is 5.24. The van der Waals surface area contributed by atoms with Gasteiger partial charge >= 0.3 is 0 Å².